The van der Waals surface area contributed by atoms with E-state index >= 15 is 0 Å². The Balaban J connectivity index is 2.58. The Hall–Kier alpha value is -1.51. The van der Waals surface area contributed by atoms with Crippen molar-refractivity contribution in [3.63, 3.8) is 0 Å². The monoisotopic (exact) mass is 340 g/mol. The number of alkyl halides is 3. The van der Waals surface area contributed by atoms with E-state index in [0.29, 0.717) is 0 Å². The first-order valence-corrected chi connectivity index (χ1v) is 7.33. The van der Waals surface area contributed by atoms with Gasteiger partial charge in [-0.15, -0.1) is 13.2 Å². The number of nitrogens with zero attached hydrogens (tertiary/aromatic N) is 1. The molecule has 0 saturated carbocycles. The van der Waals surface area contributed by atoms with Crippen LogP contribution in [0.15, 0.2) is 0 Å². The second-order valence-corrected chi connectivity index (χ2v) is 6.63. The highest BCUT2D eigenvalue weighted by Crippen LogP contribution is 2.27. The van der Waals surface area contributed by atoms with Gasteiger partial charge in [0, 0.05) is 12.6 Å². The lowest BCUT2D eigenvalue weighted by Gasteiger charge is -2.26. The highest BCUT2D eigenvalue weighted by molar-refractivity contribution is 5.85. The summed E-state index contributed by atoms with van der Waals surface area (Å²) < 4.78 is 45.8. The van der Waals surface area contributed by atoms with E-state index in [-0.39, 0.29) is 13.0 Å². The van der Waals surface area contributed by atoms with Crippen LogP contribution in [0.4, 0.5) is 18.0 Å². The molecule has 0 spiro atoms. The molecule has 6 nitrogen and oxygen atoms in total. The van der Waals surface area contributed by atoms with E-state index in [1.807, 2.05) is 0 Å². The lowest BCUT2D eigenvalue weighted by Crippen LogP contribution is -2.49. The van der Waals surface area contributed by atoms with Crippen molar-refractivity contribution in [1.29, 1.82) is 0 Å². The normalized spacial score (nSPS) is 23.6. The highest BCUT2D eigenvalue weighted by atomic mass is 19.4. The fraction of sp³-hybridized carbons (Fsp3) is 0.857. The summed E-state index contributed by atoms with van der Waals surface area (Å²) in [6, 6.07) is -1.31. The predicted octanol–water partition coefficient (Wildman–Crippen LogP) is 2.43. The molecule has 2 amide bonds. The zero-order valence-corrected chi connectivity index (χ0v) is 13.9. The molecule has 3 atom stereocenters. The third-order valence-electron chi connectivity index (χ3n) is 3.22. The molecule has 0 bridgehead atoms. The number of ether oxygens (including phenoxy) is 2. The molecule has 23 heavy (non-hydrogen) atoms. The van der Waals surface area contributed by atoms with Crippen molar-refractivity contribution >= 4 is 12.0 Å². The number of likely N-dealkylation sites (tertiary alicyclic amines) is 1. The van der Waals surface area contributed by atoms with Crippen LogP contribution in [-0.2, 0) is 14.3 Å². The van der Waals surface area contributed by atoms with Gasteiger partial charge in [-0.25, -0.2) is 4.79 Å². The second kappa shape index (κ2) is 6.94. The highest BCUT2D eigenvalue weighted by Gasteiger charge is 2.41. The molecule has 0 radical (unpaired) electrons. The molecule has 1 N–H and O–H groups in total. The van der Waals surface area contributed by atoms with Gasteiger partial charge in [0.25, 0.3) is 0 Å². The van der Waals surface area contributed by atoms with Gasteiger partial charge in [0.1, 0.15) is 11.6 Å². The Morgan fingerprint density at radius 3 is 2.30 bits per heavy atom. The van der Waals surface area contributed by atoms with Gasteiger partial charge in [-0.05, 0) is 41.0 Å². The fourth-order valence-electron chi connectivity index (χ4n) is 2.36. The minimum absolute atomic E-state index is 0.0877. The van der Waals surface area contributed by atoms with Crippen LogP contribution in [0.5, 0.6) is 0 Å². The summed E-state index contributed by atoms with van der Waals surface area (Å²) >= 11 is 0. The quantitative estimate of drug-likeness (QED) is 0.857. The van der Waals surface area contributed by atoms with E-state index in [4.69, 9.17) is 4.74 Å². The summed E-state index contributed by atoms with van der Waals surface area (Å²) in [5.74, 6) is -0.475. The van der Waals surface area contributed by atoms with Crippen LogP contribution in [-0.4, -0.2) is 53.6 Å². The van der Waals surface area contributed by atoms with Crippen LogP contribution in [0.25, 0.3) is 0 Å². The zero-order valence-electron chi connectivity index (χ0n) is 13.9. The van der Waals surface area contributed by atoms with Crippen molar-refractivity contribution in [1.82, 2.24) is 10.2 Å². The maximum Gasteiger partial charge on any atom is 0.522 e. The summed E-state index contributed by atoms with van der Waals surface area (Å²) in [7, 11) is 0. The van der Waals surface area contributed by atoms with Gasteiger partial charge >= 0.3 is 12.5 Å². The largest absolute Gasteiger partial charge is 0.522 e. The molecule has 0 aromatic rings. The van der Waals surface area contributed by atoms with Crippen LogP contribution in [0, 0.1) is 0 Å². The number of nitrogens with one attached hydrogen (secondary N) is 1. The topological polar surface area (TPSA) is 67.9 Å². The summed E-state index contributed by atoms with van der Waals surface area (Å²) in [5.41, 5.74) is -0.709. The van der Waals surface area contributed by atoms with Gasteiger partial charge in [-0.1, -0.05) is 0 Å². The molecule has 1 saturated heterocycles. The van der Waals surface area contributed by atoms with Crippen LogP contribution in [0.3, 0.4) is 0 Å². The van der Waals surface area contributed by atoms with Gasteiger partial charge in [0.15, 0.2) is 0 Å². The number of hydrogen-bond donors (Lipinski definition) is 1. The average Bonchev–Trinajstić information content (AvgIpc) is 2.63. The number of carbonyl (C=O) groups is 2. The third kappa shape index (κ3) is 6.64. The van der Waals surface area contributed by atoms with Crippen LogP contribution >= 0.6 is 0 Å². The second-order valence-electron chi connectivity index (χ2n) is 6.63. The summed E-state index contributed by atoms with van der Waals surface area (Å²) in [6.07, 6.45) is -6.50. The Kier molecular flexibility index (Phi) is 5.89. The number of hydrogen-bond acceptors (Lipinski definition) is 4. The van der Waals surface area contributed by atoms with E-state index < -0.39 is 42.2 Å². The lowest BCUT2D eigenvalue weighted by molar-refractivity contribution is -0.340. The van der Waals surface area contributed by atoms with E-state index in [1.165, 1.54) is 11.8 Å². The van der Waals surface area contributed by atoms with E-state index in [1.54, 1.807) is 27.7 Å². The molecule has 1 aliphatic rings. The molecule has 9 heteroatoms. The molecular formula is C14H23F3N2O4. The molecule has 1 aliphatic heterocycles. The Morgan fingerprint density at radius 1 is 1.26 bits per heavy atom. The van der Waals surface area contributed by atoms with Crippen molar-refractivity contribution < 1.29 is 32.2 Å². The van der Waals surface area contributed by atoms with Gasteiger partial charge in [-0.2, -0.15) is 0 Å². The first-order valence-electron chi connectivity index (χ1n) is 7.33. The maximum atomic E-state index is 12.3. The minimum Gasteiger partial charge on any atom is -0.444 e. The van der Waals surface area contributed by atoms with Crippen LogP contribution < -0.4 is 5.32 Å². The molecule has 1 fully saturated rings. The van der Waals surface area contributed by atoms with Crippen molar-refractivity contribution in [2.45, 2.75) is 71.2 Å². The molecule has 134 valence electrons. The number of halogens is 3. The molecule has 0 unspecified atom stereocenters. The molecule has 0 aromatic heterocycles. The van der Waals surface area contributed by atoms with Crippen molar-refractivity contribution in [3.05, 3.63) is 0 Å². The van der Waals surface area contributed by atoms with Gasteiger partial charge in [0.2, 0.25) is 5.91 Å². The summed E-state index contributed by atoms with van der Waals surface area (Å²) in [5, 5.41) is 2.38. The number of rotatable bonds is 3. The standard InChI is InChI=1S/C14H23F3N2O4/c1-8-6-10(22-14(15,16)17)7-19(8)11(20)9(2)18-12(21)23-13(3,4)5/h8-10H,6-7H2,1-5H3,(H,18,21)/t8-,9-,10+/m1/s1. The van der Waals surface area contributed by atoms with Crippen molar-refractivity contribution in [2.24, 2.45) is 0 Å². The molecular weight excluding hydrogens is 317 g/mol. The first-order chi connectivity index (χ1) is 10.3. The third-order valence-corrected chi connectivity index (χ3v) is 3.22. The molecule has 0 aliphatic carbocycles. The molecule has 0 aromatic carbocycles. The van der Waals surface area contributed by atoms with Gasteiger partial charge in [0.05, 0.1) is 6.10 Å². The Morgan fingerprint density at radius 2 is 1.83 bits per heavy atom. The zero-order chi connectivity index (χ0) is 18.0. The van der Waals surface area contributed by atoms with Crippen molar-refractivity contribution in [2.75, 3.05) is 6.54 Å². The Labute approximate surface area is 133 Å². The number of alkyl carbamates (subject to hydrolysis) is 1. The summed E-state index contributed by atoms with van der Waals surface area (Å²) in [4.78, 5) is 25.2. The number of carbonyl (C=O) groups excluding carboxylic acids is 2. The SMILES string of the molecule is C[C@@H]1C[C@H](OC(F)(F)F)CN1C(=O)[C@@H](C)NC(=O)OC(C)(C)C. The van der Waals surface area contributed by atoms with Gasteiger partial charge < -0.3 is 15.0 Å². The first kappa shape index (κ1) is 19.5. The van der Waals surface area contributed by atoms with Crippen LogP contribution in [0.2, 0.25) is 0 Å². The fourth-order valence-corrected chi connectivity index (χ4v) is 2.36. The smallest absolute Gasteiger partial charge is 0.444 e. The van der Waals surface area contributed by atoms with E-state index in [2.05, 4.69) is 10.1 Å². The van der Waals surface area contributed by atoms with Crippen molar-refractivity contribution in [3.8, 4) is 0 Å². The van der Waals surface area contributed by atoms with E-state index in [9.17, 15) is 22.8 Å². The molecule has 1 rings (SSSR count). The van der Waals surface area contributed by atoms with E-state index in [0.717, 1.165) is 0 Å². The minimum atomic E-state index is -4.73. The van der Waals surface area contributed by atoms with Crippen LogP contribution in [0.1, 0.15) is 41.0 Å². The lowest BCUT2D eigenvalue weighted by atomic mass is 10.2. The number of amides is 2. The predicted molar refractivity (Wildman–Crippen MR) is 75.6 cm³/mol. The average molecular weight is 340 g/mol. The Bertz CT molecular complexity index is 448. The molecule has 1 heterocycles. The van der Waals surface area contributed by atoms with Gasteiger partial charge in [-0.3, -0.25) is 9.53 Å². The summed E-state index contributed by atoms with van der Waals surface area (Å²) in [6.45, 7) is 7.97. The maximum absolute atomic E-state index is 12.3.